The third kappa shape index (κ3) is 11.9. The Labute approximate surface area is 361 Å². The van der Waals surface area contributed by atoms with Crippen molar-refractivity contribution in [3.05, 3.63) is 128 Å². The van der Waals surface area contributed by atoms with Gasteiger partial charge in [-0.05, 0) is 59.4 Å². The summed E-state index contributed by atoms with van der Waals surface area (Å²) in [5.74, 6) is -1.80. The quantitative estimate of drug-likeness (QED) is 0.0436. The predicted molar refractivity (Wildman–Crippen MR) is 227 cm³/mol. The maximum absolute atomic E-state index is 13.8. The number of hydrogen-bond donors (Lipinski definition) is 7. The third-order valence-corrected chi connectivity index (χ3v) is 10.5. The molecular formula is C44H45Cl2N5O10. The van der Waals surface area contributed by atoms with Crippen LogP contribution in [0.1, 0.15) is 63.5 Å². The summed E-state index contributed by atoms with van der Waals surface area (Å²) in [5, 5.41) is 47.1. The molecular weight excluding hydrogens is 829 g/mol. The first kappa shape index (κ1) is 44.7. The van der Waals surface area contributed by atoms with Crippen molar-refractivity contribution in [1.29, 1.82) is 0 Å². The summed E-state index contributed by atoms with van der Waals surface area (Å²) in [5.41, 5.74) is 5.76. The number of carbonyl (C=O) groups excluding carboxylic acids is 1. The van der Waals surface area contributed by atoms with Crippen LogP contribution in [-0.2, 0) is 35.7 Å². The molecule has 1 aliphatic carbocycles. The number of aromatic nitrogens is 2. The molecule has 17 heteroatoms. The molecule has 3 atom stereocenters. The van der Waals surface area contributed by atoms with E-state index >= 15 is 0 Å². The normalized spacial score (nSPS) is 14.1. The number of ether oxygens (including phenoxy) is 3. The molecule has 6 rings (SSSR count). The molecule has 0 radical (unpaired) electrons. The van der Waals surface area contributed by atoms with Crippen LogP contribution in [0.3, 0.4) is 0 Å². The Morgan fingerprint density at radius 1 is 0.787 bits per heavy atom. The number of aliphatic hydroxyl groups excluding tert-OH is 2. The lowest BCUT2D eigenvalue weighted by atomic mass is 9.95. The summed E-state index contributed by atoms with van der Waals surface area (Å²) in [6, 6.07) is 25.5. The lowest BCUT2D eigenvalue weighted by Gasteiger charge is -2.18. The van der Waals surface area contributed by atoms with Gasteiger partial charge in [0.15, 0.2) is 0 Å². The summed E-state index contributed by atoms with van der Waals surface area (Å²) in [4.78, 5) is 44.7. The Kier molecular flexibility index (Phi) is 15.5. The number of aliphatic carboxylic acids is 2. The van der Waals surface area contributed by atoms with Gasteiger partial charge in [0.25, 0.3) is 5.91 Å². The summed E-state index contributed by atoms with van der Waals surface area (Å²) >= 11 is 13.7. The molecule has 0 spiro atoms. The zero-order chi connectivity index (χ0) is 43.5. The number of benzene rings is 3. The van der Waals surface area contributed by atoms with Crippen molar-refractivity contribution in [2.45, 2.75) is 63.7 Å². The van der Waals surface area contributed by atoms with Crippen LogP contribution in [0.5, 0.6) is 17.6 Å². The van der Waals surface area contributed by atoms with Crippen molar-refractivity contribution >= 4 is 46.9 Å². The van der Waals surface area contributed by atoms with Gasteiger partial charge >= 0.3 is 11.9 Å². The molecule has 3 aromatic carbocycles. The molecule has 0 aliphatic heterocycles. The van der Waals surface area contributed by atoms with Gasteiger partial charge in [0.2, 0.25) is 17.6 Å². The summed E-state index contributed by atoms with van der Waals surface area (Å²) in [6.07, 6.45) is -2.06. The molecule has 0 saturated heterocycles. The number of methoxy groups -OCH3 is 1. The average molecular weight is 875 g/mol. The van der Waals surface area contributed by atoms with E-state index < -0.39 is 42.6 Å². The number of rotatable bonds is 21. The fourth-order valence-corrected chi connectivity index (χ4v) is 7.46. The number of fused-ring (bicyclic) bond motifs is 1. The number of carboxylic acid groups (broad SMARTS) is 2. The monoisotopic (exact) mass is 873 g/mol. The van der Waals surface area contributed by atoms with Gasteiger partial charge in [-0.2, -0.15) is 9.97 Å². The molecule has 1 aliphatic rings. The van der Waals surface area contributed by atoms with E-state index in [0.717, 1.165) is 22.3 Å². The molecule has 7 N–H and O–H groups in total. The minimum atomic E-state index is -1.10. The highest BCUT2D eigenvalue weighted by molar-refractivity contribution is 6.37. The number of aliphatic hydroxyl groups is 2. The maximum Gasteiger partial charge on any atom is 0.306 e. The minimum absolute atomic E-state index is 0.0389. The predicted octanol–water partition coefficient (Wildman–Crippen LogP) is 6.21. The lowest BCUT2D eigenvalue weighted by Crippen LogP contribution is -2.28. The smallest absolute Gasteiger partial charge is 0.306 e. The highest BCUT2D eigenvalue weighted by Crippen LogP contribution is 2.43. The largest absolute Gasteiger partial charge is 0.481 e. The Balaban J connectivity index is 1.17. The number of nitrogens with zero attached hydrogens (tertiary/aromatic N) is 2. The second-order valence-electron chi connectivity index (χ2n) is 14.3. The number of amides is 1. The Morgan fingerprint density at radius 2 is 1.46 bits per heavy atom. The van der Waals surface area contributed by atoms with Crippen LogP contribution in [0.25, 0.3) is 11.1 Å². The molecule has 2 heterocycles. The van der Waals surface area contributed by atoms with Gasteiger partial charge in [-0.3, -0.25) is 14.4 Å². The average Bonchev–Trinajstić information content (AvgIpc) is 3.64. The van der Waals surface area contributed by atoms with Gasteiger partial charge in [-0.25, -0.2) is 0 Å². The first-order valence-corrected chi connectivity index (χ1v) is 20.2. The zero-order valence-corrected chi connectivity index (χ0v) is 34.6. The van der Waals surface area contributed by atoms with Gasteiger partial charge < -0.3 is 50.6 Å². The fourth-order valence-electron chi connectivity index (χ4n) is 6.92. The number of pyridine rings is 2. The summed E-state index contributed by atoms with van der Waals surface area (Å²) in [7, 11) is 1.46. The first-order valence-electron chi connectivity index (χ1n) is 19.4. The van der Waals surface area contributed by atoms with Crippen LogP contribution < -0.4 is 30.2 Å². The molecule has 5 aromatic rings. The number of carboxylic acids is 2. The van der Waals surface area contributed by atoms with Gasteiger partial charge in [-0.1, -0.05) is 83.9 Å². The summed E-state index contributed by atoms with van der Waals surface area (Å²) in [6.45, 7) is 0.727. The molecule has 320 valence electrons. The molecule has 2 aromatic heterocycles. The van der Waals surface area contributed by atoms with Gasteiger partial charge in [0.1, 0.15) is 23.6 Å². The lowest BCUT2D eigenvalue weighted by molar-refractivity contribution is -0.140. The minimum Gasteiger partial charge on any atom is -0.481 e. The number of halogens is 2. The number of carbonyl (C=O) groups is 3. The van der Waals surface area contributed by atoms with E-state index in [0.29, 0.717) is 29.5 Å². The van der Waals surface area contributed by atoms with Crippen LogP contribution in [0.4, 0.5) is 5.82 Å². The second-order valence-corrected chi connectivity index (χ2v) is 15.1. The zero-order valence-electron chi connectivity index (χ0n) is 33.1. The Hall–Kier alpha value is -5.81. The maximum atomic E-state index is 13.8. The fraction of sp³-hybridized carbons (Fsp3) is 0.295. The molecule has 0 bridgehead atoms. The topological polar surface area (TPSA) is 222 Å². The molecule has 15 nitrogen and oxygen atoms in total. The van der Waals surface area contributed by atoms with Crippen molar-refractivity contribution in [1.82, 2.24) is 20.6 Å². The van der Waals surface area contributed by atoms with Crippen molar-refractivity contribution in [3.8, 4) is 28.8 Å². The van der Waals surface area contributed by atoms with E-state index in [4.69, 9.17) is 47.6 Å². The van der Waals surface area contributed by atoms with Crippen molar-refractivity contribution in [2.75, 3.05) is 25.5 Å². The van der Waals surface area contributed by atoms with Crippen LogP contribution >= 0.6 is 23.2 Å². The Bertz CT molecular complexity index is 2350. The van der Waals surface area contributed by atoms with Gasteiger partial charge in [0.05, 0.1) is 42.7 Å². The first-order chi connectivity index (χ1) is 29.4. The van der Waals surface area contributed by atoms with Crippen LogP contribution in [0.2, 0.25) is 10.0 Å². The molecule has 0 fully saturated rings. The third-order valence-electron chi connectivity index (χ3n) is 9.79. The van der Waals surface area contributed by atoms with Crippen LogP contribution in [0.15, 0.2) is 84.9 Å². The van der Waals surface area contributed by atoms with Crippen LogP contribution in [0, 0.1) is 0 Å². The van der Waals surface area contributed by atoms with E-state index in [2.05, 4.69) is 25.9 Å². The van der Waals surface area contributed by atoms with E-state index in [1.54, 1.807) is 30.3 Å². The van der Waals surface area contributed by atoms with E-state index in [-0.39, 0.29) is 78.3 Å². The van der Waals surface area contributed by atoms with Crippen molar-refractivity contribution in [3.63, 3.8) is 0 Å². The van der Waals surface area contributed by atoms with Gasteiger partial charge in [0, 0.05) is 42.9 Å². The van der Waals surface area contributed by atoms with Gasteiger partial charge in [-0.15, -0.1) is 0 Å². The number of anilines is 1. The highest BCUT2D eigenvalue weighted by Gasteiger charge is 2.29. The molecule has 0 saturated carbocycles. The van der Waals surface area contributed by atoms with E-state index in [1.165, 1.54) is 7.11 Å². The second kappa shape index (κ2) is 21.1. The van der Waals surface area contributed by atoms with E-state index in [9.17, 15) is 24.6 Å². The number of nitrogens with one attached hydrogen (secondary N) is 3. The van der Waals surface area contributed by atoms with Crippen molar-refractivity contribution in [2.24, 2.45) is 0 Å². The molecule has 2 unspecified atom stereocenters. The van der Waals surface area contributed by atoms with Crippen LogP contribution in [-0.4, -0.2) is 80.6 Å². The highest BCUT2D eigenvalue weighted by atomic mass is 35.5. The number of hydrogen-bond acceptors (Lipinski definition) is 12. The van der Waals surface area contributed by atoms with Crippen molar-refractivity contribution < 1.29 is 49.0 Å². The standard InChI is InChI=1S/C44H45Cl2N5O10/c1-59-42-27(21-48-23-29(53)19-39(56)57)17-35(45)44(51-42)61-36-15-14-31-30(9-5-10-32(31)36)33-11-6-12-34(40(33)46)41(58)49-37-16-13-26(20-47-22-28(52)18-38(54)55)43(50-37)60-24-25-7-3-2-4-8-25/h2-13,16-17,28-29,36,47-48,52-53H,14-15,18-24H2,1H3,(H,54,55)(H,56,57)(H,49,50,58)/t28?,29?,36-/m0/s1. The Morgan fingerprint density at radius 3 is 2.15 bits per heavy atom. The summed E-state index contributed by atoms with van der Waals surface area (Å²) < 4.78 is 17.9. The SMILES string of the molecule is COc1nc(O[C@H]2CCc3c(-c4cccc(C(=O)Nc5ccc(CNCC(O)CC(=O)O)c(OCc6ccccc6)n5)c4Cl)cccc32)c(Cl)cc1CNCC(O)CC(=O)O. The molecule has 61 heavy (non-hydrogen) atoms. The molecule has 1 amide bonds. The van der Waals surface area contributed by atoms with E-state index in [1.807, 2.05) is 54.6 Å².